The maximum absolute atomic E-state index is 12.3. The number of hydrogen-bond donors (Lipinski definition) is 1. The average molecular weight is 395 g/mol. The summed E-state index contributed by atoms with van der Waals surface area (Å²) in [5.74, 6) is 0.272. The monoisotopic (exact) mass is 394 g/mol. The molecule has 0 bridgehead atoms. The zero-order chi connectivity index (χ0) is 18.5. The smallest absolute Gasteiger partial charge is 0.290 e. The number of hydrogen-bond acceptors (Lipinski definition) is 7. The lowest BCUT2D eigenvalue weighted by atomic mass is 10.1. The number of nitrogens with one attached hydrogen (secondary N) is 1. The summed E-state index contributed by atoms with van der Waals surface area (Å²) in [6, 6.07) is 5.23. The van der Waals surface area contributed by atoms with Gasteiger partial charge in [0.15, 0.2) is 5.13 Å². The Labute approximate surface area is 160 Å². The molecule has 1 aliphatic rings. The Hall–Kier alpha value is -2.16. The first kappa shape index (κ1) is 18.6. The van der Waals surface area contributed by atoms with E-state index < -0.39 is 0 Å². The molecule has 9 heteroatoms. The number of anilines is 1. The molecule has 1 aliphatic heterocycles. The van der Waals surface area contributed by atoms with Crippen molar-refractivity contribution < 1.29 is 14.3 Å². The minimum Gasteiger partial charge on any atom is -0.496 e. The number of halogens is 1. The fraction of sp³-hybridized carbons (Fsp3) is 0.353. The second-order valence-corrected chi connectivity index (χ2v) is 6.87. The third kappa shape index (κ3) is 4.32. The highest BCUT2D eigenvalue weighted by Gasteiger charge is 2.17. The number of methoxy groups -OCH3 is 1. The molecule has 0 radical (unpaired) electrons. The molecule has 138 valence electrons. The molecule has 0 spiro atoms. The number of morpholine rings is 1. The summed E-state index contributed by atoms with van der Waals surface area (Å²) in [7, 11) is 1.57. The maximum atomic E-state index is 12.3. The summed E-state index contributed by atoms with van der Waals surface area (Å²) in [5.41, 5.74) is 4.17. The molecule has 26 heavy (non-hydrogen) atoms. The second-order valence-electron chi connectivity index (χ2n) is 5.60. The van der Waals surface area contributed by atoms with Gasteiger partial charge < -0.3 is 14.4 Å². The summed E-state index contributed by atoms with van der Waals surface area (Å²) >= 11 is 7.47. The number of benzene rings is 1. The van der Waals surface area contributed by atoms with E-state index in [0.29, 0.717) is 41.0 Å². The lowest BCUT2D eigenvalue weighted by molar-refractivity contribution is 0.0950. The van der Waals surface area contributed by atoms with Crippen molar-refractivity contribution in [3.63, 3.8) is 0 Å². The molecule has 7 nitrogen and oxygen atoms in total. The molecule has 0 atom stereocenters. The summed E-state index contributed by atoms with van der Waals surface area (Å²) in [5, 5.41) is 7.26. The third-order valence-corrected chi connectivity index (χ3v) is 5.02. The van der Waals surface area contributed by atoms with E-state index in [2.05, 4.69) is 20.4 Å². The number of aromatic nitrogens is 1. The van der Waals surface area contributed by atoms with Gasteiger partial charge in [-0.2, -0.15) is 5.10 Å². The molecule has 1 fully saturated rings. The number of thiazole rings is 1. The first-order valence-electron chi connectivity index (χ1n) is 8.05. The first-order chi connectivity index (χ1) is 12.6. The van der Waals surface area contributed by atoms with E-state index in [0.717, 1.165) is 18.2 Å². The van der Waals surface area contributed by atoms with E-state index in [-0.39, 0.29) is 5.91 Å². The van der Waals surface area contributed by atoms with Crippen LogP contribution in [-0.4, -0.2) is 50.0 Å². The number of hydrazone groups is 1. The van der Waals surface area contributed by atoms with Crippen molar-refractivity contribution in [1.29, 1.82) is 0 Å². The molecule has 0 unspecified atom stereocenters. The highest BCUT2D eigenvalue weighted by atomic mass is 35.5. The molecule has 1 N–H and O–H groups in total. The van der Waals surface area contributed by atoms with Crippen molar-refractivity contribution >= 4 is 39.7 Å². The molecule has 3 rings (SSSR count). The Balaban J connectivity index is 1.69. The largest absolute Gasteiger partial charge is 0.496 e. The Morgan fingerprint density at radius 2 is 2.19 bits per heavy atom. The van der Waals surface area contributed by atoms with Crippen LogP contribution in [0.3, 0.4) is 0 Å². The number of nitrogens with zero attached hydrogens (tertiary/aromatic N) is 3. The number of ether oxygens (including phenoxy) is 2. The van der Waals surface area contributed by atoms with E-state index in [1.165, 1.54) is 11.3 Å². The van der Waals surface area contributed by atoms with Gasteiger partial charge in [0.1, 0.15) is 11.4 Å². The number of amides is 1. The summed E-state index contributed by atoms with van der Waals surface area (Å²) in [6.45, 7) is 4.67. The predicted octanol–water partition coefficient (Wildman–Crippen LogP) is 2.80. The summed E-state index contributed by atoms with van der Waals surface area (Å²) in [4.78, 5) is 18.8. The van der Waals surface area contributed by atoms with Gasteiger partial charge >= 0.3 is 0 Å². The van der Waals surface area contributed by atoms with Crippen LogP contribution in [0, 0.1) is 0 Å². The molecular weight excluding hydrogens is 376 g/mol. The molecule has 0 aliphatic carbocycles. The van der Waals surface area contributed by atoms with Crippen LogP contribution in [-0.2, 0) is 4.74 Å². The highest BCUT2D eigenvalue weighted by Crippen LogP contribution is 2.24. The van der Waals surface area contributed by atoms with Gasteiger partial charge in [0, 0.05) is 29.1 Å². The molecule has 1 aromatic carbocycles. The van der Waals surface area contributed by atoms with Crippen LogP contribution in [0.4, 0.5) is 5.13 Å². The zero-order valence-electron chi connectivity index (χ0n) is 14.5. The van der Waals surface area contributed by atoms with Crippen LogP contribution in [0.2, 0.25) is 5.02 Å². The van der Waals surface area contributed by atoms with Gasteiger partial charge in [0.25, 0.3) is 5.91 Å². The Bertz CT molecular complexity index is 818. The minimum absolute atomic E-state index is 0.339. The number of carbonyl (C=O) groups is 1. The molecular formula is C17H19ClN4O3S. The lowest BCUT2D eigenvalue weighted by Crippen LogP contribution is -2.36. The van der Waals surface area contributed by atoms with E-state index in [1.807, 2.05) is 0 Å². The standard InChI is InChI=1S/C17H19ClN4O3S/c1-11(13-9-12(18)3-4-15(13)24-2)20-21-16(23)14-10-26-17(19-14)22-5-7-25-8-6-22/h3-4,9-10H,5-8H2,1-2H3,(H,21,23)/b20-11-. The van der Waals surface area contributed by atoms with Gasteiger partial charge in [-0.3, -0.25) is 4.79 Å². The SMILES string of the molecule is COc1ccc(Cl)cc1/C(C)=N\NC(=O)c1csc(N2CCOCC2)n1. The minimum atomic E-state index is -0.360. The van der Waals surface area contributed by atoms with Crippen molar-refractivity contribution in [2.24, 2.45) is 5.10 Å². The Morgan fingerprint density at radius 3 is 2.92 bits per heavy atom. The van der Waals surface area contributed by atoms with Crippen LogP contribution >= 0.6 is 22.9 Å². The van der Waals surface area contributed by atoms with Crippen molar-refractivity contribution in [1.82, 2.24) is 10.4 Å². The topological polar surface area (TPSA) is 76.0 Å². The first-order valence-corrected chi connectivity index (χ1v) is 9.31. The fourth-order valence-corrected chi connectivity index (χ4v) is 3.52. The van der Waals surface area contributed by atoms with Crippen LogP contribution in [0.5, 0.6) is 5.75 Å². The third-order valence-electron chi connectivity index (χ3n) is 3.88. The number of carbonyl (C=O) groups excluding carboxylic acids is 1. The van der Waals surface area contributed by atoms with E-state index in [9.17, 15) is 4.79 Å². The molecule has 2 aromatic rings. The van der Waals surface area contributed by atoms with Crippen molar-refractivity contribution in [2.45, 2.75) is 6.92 Å². The number of rotatable bonds is 5. The molecule has 0 saturated carbocycles. The summed E-state index contributed by atoms with van der Waals surface area (Å²) in [6.07, 6.45) is 0. The highest BCUT2D eigenvalue weighted by molar-refractivity contribution is 7.13. The lowest BCUT2D eigenvalue weighted by Gasteiger charge is -2.25. The van der Waals surface area contributed by atoms with Crippen molar-refractivity contribution in [3.05, 3.63) is 39.9 Å². The zero-order valence-corrected chi connectivity index (χ0v) is 16.1. The predicted molar refractivity (Wildman–Crippen MR) is 103 cm³/mol. The van der Waals surface area contributed by atoms with E-state index in [1.54, 1.807) is 37.6 Å². The quantitative estimate of drug-likeness (QED) is 0.623. The Kier molecular flexibility index (Phi) is 6.08. The fourth-order valence-electron chi connectivity index (χ4n) is 2.48. The van der Waals surface area contributed by atoms with Gasteiger partial charge in [-0.15, -0.1) is 11.3 Å². The maximum Gasteiger partial charge on any atom is 0.290 e. The normalized spacial score (nSPS) is 15.0. The summed E-state index contributed by atoms with van der Waals surface area (Å²) < 4.78 is 10.6. The molecule has 2 heterocycles. The van der Waals surface area contributed by atoms with E-state index >= 15 is 0 Å². The van der Waals surface area contributed by atoms with Gasteiger partial charge in [0.2, 0.25) is 0 Å². The van der Waals surface area contributed by atoms with Crippen molar-refractivity contribution in [3.8, 4) is 5.75 Å². The van der Waals surface area contributed by atoms with Crippen LogP contribution in [0.25, 0.3) is 0 Å². The van der Waals surface area contributed by atoms with Crippen molar-refractivity contribution in [2.75, 3.05) is 38.3 Å². The van der Waals surface area contributed by atoms with E-state index in [4.69, 9.17) is 21.1 Å². The molecule has 1 amide bonds. The van der Waals surface area contributed by atoms with Crippen LogP contribution in [0.1, 0.15) is 23.0 Å². The molecule has 1 aromatic heterocycles. The van der Waals surface area contributed by atoms with Gasteiger partial charge in [-0.05, 0) is 25.1 Å². The van der Waals surface area contributed by atoms with Crippen LogP contribution < -0.4 is 15.1 Å². The van der Waals surface area contributed by atoms with Crippen LogP contribution in [0.15, 0.2) is 28.7 Å². The van der Waals surface area contributed by atoms with Gasteiger partial charge in [0.05, 0.1) is 26.0 Å². The van der Waals surface area contributed by atoms with Gasteiger partial charge in [-0.25, -0.2) is 10.4 Å². The van der Waals surface area contributed by atoms with Gasteiger partial charge in [-0.1, -0.05) is 11.6 Å². The average Bonchev–Trinajstić information content (AvgIpc) is 3.17. The second kappa shape index (κ2) is 8.48. The Morgan fingerprint density at radius 1 is 1.42 bits per heavy atom. The molecule has 1 saturated heterocycles.